The van der Waals surface area contributed by atoms with Crippen LogP contribution >= 0.6 is 11.3 Å². The van der Waals surface area contributed by atoms with E-state index >= 15 is 0 Å². The second-order valence-corrected chi connectivity index (χ2v) is 4.98. The molecule has 1 fully saturated rings. The summed E-state index contributed by atoms with van der Waals surface area (Å²) in [6.07, 6.45) is 0. The Morgan fingerprint density at radius 2 is 2.12 bits per heavy atom. The second-order valence-electron chi connectivity index (χ2n) is 3.98. The molecule has 0 aliphatic carbocycles. The predicted octanol–water partition coefficient (Wildman–Crippen LogP) is 0.951. The number of anilines is 2. The Labute approximate surface area is 105 Å². The van der Waals surface area contributed by atoms with E-state index in [1.165, 1.54) is 18.3 Å². The highest BCUT2D eigenvalue weighted by molar-refractivity contribution is 7.19. The molecule has 1 aromatic rings. The first-order valence-electron chi connectivity index (χ1n) is 5.58. The number of rotatable bonds is 3. The Hall–Kier alpha value is -1.27. The number of ketones is 1. The second kappa shape index (κ2) is 4.93. The van der Waals surface area contributed by atoms with Crippen molar-refractivity contribution in [3.63, 3.8) is 0 Å². The molecule has 5 nitrogen and oxygen atoms in total. The molecule has 0 saturated carbocycles. The van der Waals surface area contributed by atoms with E-state index in [2.05, 4.69) is 10.2 Å². The minimum Gasteiger partial charge on any atom is -0.492 e. The molecule has 0 spiro atoms. The predicted molar refractivity (Wildman–Crippen MR) is 70.4 cm³/mol. The van der Waals surface area contributed by atoms with Crippen LogP contribution in [0.5, 0.6) is 5.75 Å². The normalized spacial score (nSPS) is 16.0. The van der Waals surface area contributed by atoms with Crippen LogP contribution in [0.4, 0.5) is 10.7 Å². The smallest absolute Gasteiger partial charge is 0.177 e. The third kappa shape index (κ3) is 2.23. The number of piperazine rings is 1. The van der Waals surface area contributed by atoms with E-state index < -0.39 is 0 Å². The molecule has 0 amide bonds. The lowest BCUT2D eigenvalue weighted by Gasteiger charge is -2.28. The number of nitrogens with two attached hydrogens (primary N) is 1. The molecule has 3 N–H and O–H groups in total. The van der Waals surface area contributed by atoms with Crippen molar-refractivity contribution in [2.45, 2.75) is 6.92 Å². The molecular weight excluding hydrogens is 238 g/mol. The van der Waals surface area contributed by atoms with Crippen LogP contribution in [0.25, 0.3) is 0 Å². The third-order valence-corrected chi connectivity index (χ3v) is 4.16. The molecule has 1 aromatic heterocycles. The van der Waals surface area contributed by atoms with Gasteiger partial charge in [-0.3, -0.25) is 4.79 Å². The van der Waals surface area contributed by atoms with E-state index in [4.69, 9.17) is 10.5 Å². The first-order chi connectivity index (χ1) is 8.15. The van der Waals surface area contributed by atoms with Gasteiger partial charge in [0.15, 0.2) is 11.5 Å². The number of hydrogen-bond donors (Lipinski definition) is 2. The van der Waals surface area contributed by atoms with Gasteiger partial charge in [-0.15, -0.1) is 11.3 Å². The van der Waals surface area contributed by atoms with Crippen molar-refractivity contribution in [2.24, 2.45) is 0 Å². The molecule has 1 saturated heterocycles. The van der Waals surface area contributed by atoms with Gasteiger partial charge in [0, 0.05) is 33.1 Å². The standard InChI is InChI=1S/C11H17N3O2S/c1-7(15)10-8(12)9(16-2)11(17-10)14-5-3-13-4-6-14/h13H,3-6,12H2,1-2H3. The Morgan fingerprint density at radius 3 is 2.65 bits per heavy atom. The quantitative estimate of drug-likeness (QED) is 0.787. The lowest BCUT2D eigenvalue weighted by atomic mass is 10.3. The van der Waals surface area contributed by atoms with Crippen LogP contribution in [0.3, 0.4) is 0 Å². The minimum absolute atomic E-state index is 0.00724. The number of Topliss-reactive ketones (excluding diaryl/α,β-unsaturated/α-hetero) is 1. The number of ether oxygens (including phenoxy) is 1. The molecule has 0 atom stereocenters. The first-order valence-corrected chi connectivity index (χ1v) is 6.39. The van der Waals surface area contributed by atoms with Crippen molar-refractivity contribution in [3.05, 3.63) is 4.88 Å². The molecule has 6 heteroatoms. The number of carbonyl (C=O) groups excluding carboxylic acids is 1. The van der Waals surface area contributed by atoms with Crippen LogP contribution in [0, 0.1) is 0 Å². The molecule has 0 unspecified atom stereocenters. The van der Waals surface area contributed by atoms with Gasteiger partial charge in [-0.25, -0.2) is 0 Å². The van der Waals surface area contributed by atoms with E-state index in [1.807, 2.05) is 0 Å². The van der Waals surface area contributed by atoms with Gasteiger partial charge >= 0.3 is 0 Å². The van der Waals surface area contributed by atoms with Gasteiger partial charge < -0.3 is 20.7 Å². The summed E-state index contributed by atoms with van der Waals surface area (Å²) < 4.78 is 5.33. The molecule has 1 aliphatic rings. The zero-order valence-electron chi connectivity index (χ0n) is 10.1. The van der Waals surface area contributed by atoms with E-state index in [-0.39, 0.29) is 5.78 Å². The van der Waals surface area contributed by atoms with Gasteiger partial charge in [-0.1, -0.05) is 0 Å². The Balaban J connectivity index is 2.38. The minimum atomic E-state index is -0.00724. The average molecular weight is 255 g/mol. The van der Waals surface area contributed by atoms with Gasteiger partial charge in [-0.05, 0) is 0 Å². The maximum absolute atomic E-state index is 11.5. The van der Waals surface area contributed by atoms with Crippen LogP contribution in [-0.2, 0) is 0 Å². The molecule has 94 valence electrons. The van der Waals surface area contributed by atoms with Gasteiger partial charge in [0.1, 0.15) is 5.00 Å². The molecule has 1 aliphatic heterocycles. The topological polar surface area (TPSA) is 67.6 Å². The number of hydrogen-bond acceptors (Lipinski definition) is 6. The molecule has 2 heterocycles. The fraction of sp³-hybridized carbons (Fsp3) is 0.545. The monoisotopic (exact) mass is 255 g/mol. The van der Waals surface area contributed by atoms with Crippen molar-refractivity contribution in [1.29, 1.82) is 0 Å². The highest BCUT2D eigenvalue weighted by atomic mass is 32.1. The molecule has 0 aromatic carbocycles. The van der Waals surface area contributed by atoms with Crippen molar-refractivity contribution >= 4 is 27.8 Å². The first kappa shape index (κ1) is 12.2. The average Bonchev–Trinajstić information content (AvgIpc) is 2.67. The molecule has 0 bridgehead atoms. The maximum atomic E-state index is 11.5. The lowest BCUT2D eigenvalue weighted by molar-refractivity contribution is 0.102. The van der Waals surface area contributed by atoms with Gasteiger partial charge in [0.05, 0.1) is 17.7 Å². The van der Waals surface area contributed by atoms with Crippen molar-refractivity contribution in [3.8, 4) is 5.75 Å². The number of nitrogens with one attached hydrogen (secondary N) is 1. The molecule has 17 heavy (non-hydrogen) atoms. The molecule has 2 rings (SSSR count). The number of thiophene rings is 1. The fourth-order valence-corrected chi connectivity index (χ4v) is 3.09. The summed E-state index contributed by atoms with van der Waals surface area (Å²) in [6, 6.07) is 0. The van der Waals surface area contributed by atoms with Crippen LogP contribution in [-0.4, -0.2) is 39.1 Å². The van der Waals surface area contributed by atoms with Gasteiger partial charge in [0.25, 0.3) is 0 Å². The summed E-state index contributed by atoms with van der Waals surface area (Å²) in [5.41, 5.74) is 6.42. The maximum Gasteiger partial charge on any atom is 0.177 e. The SMILES string of the molecule is COc1c(N2CCNCC2)sc(C(C)=O)c1N. The molecular formula is C11H17N3O2S. The van der Waals surface area contributed by atoms with Gasteiger partial charge in [-0.2, -0.15) is 0 Å². The third-order valence-electron chi connectivity index (χ3n) is 2.81. The van der Waals surface area contributed by atoms with E-state index in [0.29, 0.717) is 16.3 Å². The number of carbonyl (C=O) groups is 1. The number of nitrogen functional groups attached to an aromatic ring is 1. The van der Waals surface area contributed by atoms with Crippen molar-refractivity contribution in [1.82, 2.24) is 5.32 Å². The molecule has 0 radical (unpaired) electrons. The zero-order chi connectivity index (χ0) is 12.4. The summed E-state index contributed by atoms with van der Waals surface area (Å²) in [5, 5.41) is 4.26. The summed E-state index contributed by atoms with van der Waals surface area (Å²) in [7, 11) is 1.59. The van der Waals surface area contributed by atoms with E-state index in [9.17, 15) is 4.79 Å². The van der Waals surface area contributed by atoms with E-state index in [0.717, 1.165) is 31.2 Å². The van der Waals surface area contributed by atoms with Crippen LogP contribution in [0.15, 0.2) is 0 Å². The Kier molecular flexibility index (Phi) is 3.54. The van der Waals surface area contributed by atoms with Crippen LogP contribution in [0.1, 0.15) is 16.6 Å². The summed E-state index contributed by atoms with van der Waals surface area (Å²) in [6.45, 7) is 5.23. The number of nitrogens with zero attached hydrogens (tertiary/aromatic N) is 1. The number of methoxy groups -OCH3 is 1. The Morgan fingerprint density at radius 1 is 1.47 bits per heavy atom. The van der Waals surface area contributed by atoms with E-state index in [1.54, 1.807) is 7.11 Å². The van der Waals surface area contributed by atoms with Crippen LogP contribution < -0.4 is 20.7 Å². The zero-order valence-corrected chi connectivity index (χ0v) is 10.9. The van der Waals surface area contributed by atoms with Gasteiger partial charge in [0.2, 0.25) is 0 Å². The highest BCUT2D eigenvalue weighted by Gasteiger charge is 2.24. The highest BCUT2D eigenvalue weighted by Crippen LogP contribution is 2.44. The summed E-state index contributed by atoms with van der Waals surface area (Å²) in [4.78, 5) is 14.3. The fourth-order valence-electron chi connectivity index (χ4n) is 1.95. The summed E-state index contributed by atoms with van der Waals surface area (Å²) >= 11 is 1.42. The lowest BCUT2D eigenvalue weighted by Crippen LogP contribution is -2.43. The van der Waals surface area contributed by atoms with Crippen LogP contribution in [0.2, 0.25) is 0 Å². The van der Waals surface area contributed by atoms with Crippen molar-refractivity contribution in [2.75, 3.05) is 43.9 Å². The van der Waals surface area contributed by atoms with Crippen molar-refractivity contribution < 1.29 is 9.53 Å². The largest absolute Gasteiger partial charge is 0.492 e. The Bertz CT molecular complexity index is 425. The summed E-state index contributed by atoms with van der Waals surface area (Å²) in [5.74, 6) is 0.634.